The zero-order valence-electron chi connectivity index (χ0n) is 19.0. The lowest BCUT2D eigenvalue weighted by Gasteiger charge is -2.37. The van der Waals surface area contributed by atoms with Crippen LogP contribution in [0.5, 0.6) is 0 Å². The Balaban J connectivity index is 1.54. The molecule has 170 valence electrons. The van der Waals surface area contributed by atoms with Crippen LogP contribution in [0, 0.1) is 0 Å². The molecule has 33 heavy (non-hydrogen) atoms. The smallest absolute Gasteiger partial charge is 0.338 e. The molecule has 1 amide bonds. The minimum Gasteiger partial charge on any atom is -0.457 e. The van der Waals surface area contributed by atoms with Crippen LogP contribution < -0.4 is 5.32 Å². The molecule has 0 aromatic heterocycles. The number of carbonyl (C=O) groups is 2. The number of aliphatic hydroxyl groups is 1. The summed E-state index contributed by atoms with van der Waals surface area (Å²) >= 11 is 0. The molecule has 1 heterocycles. The van der Waals surface area contributed by atoms with Gasteiger partial charge in [0.25, 0.3) is 0 Å². The number of nitrogens with one attached hydrogen (secondary N) is 1. The van der Waals surface area contributed by atoms with E-state index in [9.17, 15) is 14.7 Å². The molecule has 0 spiro atoms. The maximum absolute atomic E-state index is 13.0. The van der Waals surface area contributed by atoms with E-state index in [2.05, 4.69) is 31.3 Å². The maximum Gasteiger partial charge on any atom is 0.338 e. The largest absolute Gasteiger partial charge is 0.457 e. The highest BCUT2D eigenvalue weighted by atomic mass is 16.5. The SMILES string of the molecule is CC(C)(CC(O)(CC(=O)Nc1ccc2c(c1)COC2=O)Cc1ccccc1)c1ccccc1. The van der Waals surface area contributed by atoms with Crippen molar-refractivity contribution >= 4 is 17.6 Å². The van der Waals surface area contributed by atoms with E-state index in [1.807, 2.05) is 48.5 Å². The quantitative estimate of drug-likeness (QED) is 0.479. The molecule has 1 unspecified atom stereocenters. The molecule has 2 N–H and O–H groups in total. The fraction of sp³-hybridized carbons (Fsp3) is 0.286. The molecule has 0 saturated carbocycles. The third-order valence-electron chi connectivity index (χ3n) is 6.16. The third kappa shape index (κ3) is 5.49. The Morgan fingerprint density at radius 1 is 1.00 bits per heavy atom. The molecule has 5 nitrogen and oxygen atoms in total. The standard InChI is InChI=1S/C28H29NO4/c1-27(2,22-11-7-4-8-12-22)19-28(32,16-20-9-5-3-6-10-20)17-25(30)29-23-13-14-24-21(15-23)18-33-26(24)31/h3-15,32H,16-19H2,1-2H3,(H,29,30). The summed E-state index contributed by atoms with van der Waals surface area (Å²) in [7, 11) is 0. The molecule has 3 aromatic carbocycles. The molecular formula is C28H29NO4. The Bertz CT molecular complexity index is 1140. The molecule has 0 fully saturated rings. The monoisotopic (exact) mass is 443 g/mol. The Hall–Kier alpha value is -3.44. The summed E-state index contributed by atoms with van der Waals surface area (Å²) in [5.74, 6) is -0.620. The van der Waals surface area contributed by atoms with Gasteiger partial charge in [-0.2, -0.15) is 0 Å². The number of esters is 1. The normalized spacial score (nSPS) is 14.8. The van der Waals surface area contributed by atoms with E-state index >= 15 is 0 Å². The van der Waals surface area contributed by atoms with Gasteiger partial charge in [0, 0.05) is 17.7 Å². The number of fused-ring (bicyclic) bond motifs is 1. The van der Waals surface area contributed by atoms with Gasteiger partial charge in [0.15, 0.2) is 0 Å². The Labute approximate surface area is 194 Å². The van der Waals surface area contributed by atoms with Gasteiger partial charge in [-0.15, -0.1) is 0 Å². The Morgan fingerprint density at radius 2 is 1.67 bits per heavy atom. The number of benzene rings is 3. The van der Waals surface area contributed by atoms with E-state index in [0.29, 0.717) is 24.1 Å². The average molecular weight is 444 g/mol. The number of rotatable bonds is 8. The first kappa shape index (κ1) is 22.7. The zero-order chi connectivity index (χ0) is 23.5. The molecule has 0 bridgehead atoms. The Kier molecular flexibility index (Phi) is 6.34. The number of amides is 1. The van der Waals surface area contributed by atoms with Crippen molar-refractivity contribution in [3.63, 3.8) is 0 Å². The topological polar surface area (TPSA) is 75.6 Å². The van der Waals surface area contributed by atoms with Gasteiger partial charge in [-0.1, -0.05) is 74.5 Å². The molecular weight excluding hydrogens is 414 g/mol. The number of carbonyl (C=O) groups excluding carboxylic acids is 2. The number of ether oxygens (including phenoxy) is 1. The number of anilines is 1. The van der Waals surface area contributed by atoms with Crippen LogP contribution in [0.25, 0.3) is 0 Å². The molecule has 0 aliphatic carbocycles. The van der Waals surface area contributed by atoms with E-state index in [4.69, 9.17) is 4.74 Å². The van der Waals surface area contributed by atoms with Crippen molar-refractivity contribution in [3.05, 3.63) is 101 Å². The second-order valence-corrected chi connectivity index (χ2v) is 9.49. The van der Waals surface area contributed by atoms with Crippen LogP contribution in [0.4, 0.5) is 5.69 Å². The van der Waals surface area contributed by atoms with Crippen LogP contribution in [-0.4, -0.2) is 22.6 Å². The van der Waals surface area contributed by atoms with Crippen molar-refractivity contribution in [3.8, 4) is 0 Å². The van der Waals surface area contributed by atoms with Crippen molar-refractivity contribution in [1.82, 2.24) is 0 Å². The molecule has 0 radical (unpaired) electrons. The highest BCUT2D eigenvalue weighted by molar-refractivity contribution is 5.96. The van der Waals surface area contributed by atoms with Gasteiger partial charge in [0.2, 0.25) is 5.91 Å². The third-order valence-corrected chi connectivity index (χ3v) is 6.16. The van der Waals surface area contributed by atoms with E-state index in [0.717, 1.165) is 16.7 Å². The van der Waals surface area contributed by atoms with E-state index in [-0.39, 0.29) is 30.3 Å². The number of cyclic esters (lactones) is 1. The second kappa shape index (κ2) is 9.20. The molecule has 0 saturated heterocycles. The highest BCUT2D eigenvalue weighted by Gasteiger charge is 2.37. The van der Waals surface area contributed by atoms with Crippen LogP contribution in [0.3, 0.4) is 0 Å². The van der Waals surface area contributed by atoms with Gasteiger partial charge in [0.1, 0.15) is 6.61 Å². The fourth-order valence-electron chi connectivity index (χ4n) is 4.69. The molecule has 1 aliphatic heterocycles. The lowest BCUT2D eigenvalue weighted by molar-refractivity contribution is -0.121. The summed E-state index contributed by atoms with van der Waals surface area (Å²) in [6, 6.07) is 24.9. The van der Waals surface area contributed by atoms with Crippen LogP contribution >= 0.6 is 0 Å². The summed E-state index contributed by atoms with van der Waals surface area (Å²) in [5, 5.41) is 14.7. The average Bonchev–Trinajstić information content (AvgIpc) is 3.14. The number of hydrogen-bond donors (Lipinski definition) is 2. The van der Waals surface area contributed by atoms with Crippen molar-refractivity contribution in [1.29, 1.82) is 0 Å². The van der Waals surface area contributed by atoms with Gasteiger partial charge in [-0.05, 0) is 41.2 Å². The summed E-state index contributed by atoms with van der Waals surface area (Å²) < 4.78 is 5.04. The predicted octanol–water partition coefficient (Wildman–Crippen LogP) is 5.03. The molecule has 1 atom stereocenters. The zero-order valence-corrected chi connectivity index (χ0v) is 19.0. The first-order valence-corrected chi connectivity index (χ1v) is 11.2. The first-order chi connectivity index (χ1) is 15.7. The van der Waals surface area contributed by atoms with E-state index in [1.165, 1.54) is 0 Å². The maximum atomic E-state index is 13.0. The second-order valence-electron chi connectivity index (χ2n) is 9.49. The minimum atomic E-state index is -1.25. The van der Waals surface area contributed by atoms with Crippen molar-refractivity contribution in [2.24, 2.45) is 0 Å². The Morgan fingerprint density at radius 3 is 2.36 bits per heavy atom. The molecule has 4 rings (SSSR count). The molecule has 3 aromatic rings. The van der Waals surface area contributed by atoms with Gasteiger partial charge < -0.3 is 15.2 Å². The van der Waals surface area contributed by atoms with Gasteiger partial charge in [-0.3, -0.25) is 4.79 Å². The van der Waals surface area contributed by atoms with Crippen LogP contribution in [-0.2, 0) is 28.0 Å². The number of hydrogen-bond acceptors (Lipinski definition) is 4. The van der Waals surface area contributed by atoms with Crippen LogP contribution in [0.2, 0.25) is 0 Å². The van der Waals surface area contributed by atoms with Gasteiger partial charge in [0.05, 0.1) is 17.6 Å². The minimum absolute atomic E-state index is 0.0509. The highest BCUT2D eigenvalue weighted by Crippen LogP contribution is 2.36. The van der Waals surface area contributed by atoms with Gasteiger partial charge in [-0.25, -0.2) is 4.79 Å². The van der Waals surface area contributed by atoms with Gasteiger partial charge >= 0.3 is 5.97 Å². The van der Waals surface area contributed by atoms with E-state index < -0.39 is 5.60 Å². The van der Waals surface area contributed by atoms with Crippen molar-refractivity contribution in [2.75, 3.05) is 5.32 Å². The lowest BCUT2D eigenvalue weighted by Crippen LogP contribution is -2.41. The van der Waals surface area contributed by atoms with Crippen molar-refractivity contribution in [2.45, 2.75) is 50.7 Å². The summed E-state index contributed by atoms with van der Waals surface area (Å²) in [4.78, 5) is 24.7. The van der Waals surface area contributed by atoms with E-state index in [1.54, 1.807) is 18.2 Å². The van der Waals surface area contributed by atoms with Crippen LogP contribution in [0.15, 0.2) is 78.9 Å². The first-order valence-electron chi connectivity index (χ1n) is 11.2. The molecule has 5 heteroatoms. The van der Waals surface area contributed by atoms with Crippen LogP contribution in [0.1, 0.15) is 53.7 Å². The fourth-order valence-corrected chi connectivity index (χ4v) is 4.69. The lowest BCUT2D eigenvalue weighted by atomic mass is 9.72. The van der Waals surface area contributed by atoms with Crippen molar-refractivity contribution < 1.29 is 19.4 Å². The molecule has 1 aliphatic rings. The summed E-state index contributed by atoms with van der Waals surface area (Å²) in [6.45, 7) is 4.39. The predicted molar refractivity (Wildman–Crippen MR) is 128 cm³/mol. The summed E-state index contributed by atoms with van der Waals surface area (Å²) in [5.41, 5.74) is 2.36. The summed E-state index contributed by atoms with van der Waals surface area (Å²) in [6.07, 6.45) is 0.730.